The van der Waals surface area contributed by atoms with E-state index in [0.29, 0.717) is 36.3 Å². The number of amides is 1. The Bertz CT molecular complexity index is 1290. The number of piperidine rings is 1. The molecule has 1 N–H and O–H groups in total. The Labute approximate surface area is 231 Å². The minimum atomic E-state index is -1.24. The van der Waals surface area contributed by atoms with Crippen molar-refractivity contribution in [2.75, 3.05) is 33.2 Å². The van der Waals surface area contributed by atoms with Gasteiger partial charge in [-0.3, -0.25) is 9.78 Å². The number of likely N-dealkylation sites (tertiary alicyclic amines) is 2. The molecule has 3 aromatic rings. The first kappa shape index (κ1) is 27.5. The molecule has 0 bridgehead atoms. The van der Waals surface area contributed by atoms with E-state index in [4.69, 9.17) is 9.51 Å². The van der Waals surface area contributed by atoms with E-state index < -0.39 is 5.60 Å². The highest BCUT2D eigenvalue weighted by Crippen LogP contribution is 2.50. The van der Waals surface area contributed by atoms with Crippen molar-refractivity contribution in [2.45, 2.75) is 70.8 Å². The lowest BCUT2D eigenvalue weighted by Gasteiger charge is -2.55. The Morgan fingerprint density at radius 2 is 1.79 bits per heavy atom. The lowest BCUT2D eigenvalue weighted by Crippen LogP contribution is -2.63. The summed E-state index contributed by atoms with van der Waals surface area (Å²) in [5.41, 5.74) is 2.01. The van der Waals surface area contributed by atoms with Crippen LogP contribution in [0.25, 0.3) is 11.4 Å². The smallest absolute Gasteiger partial charge is 0.230 e. The number of hydrogen-bond acceptors (Lipinski definition) is 7. The van der Waals surface area contributed by atoms with Crippen molar-refractivity contribution in [2.24, 2.45) is 5.41 Å². The summed E-state index contributed by atoms with van der Waals surface area (Å²) in [4.78, 5) is 25.0. The predicted molar refractivity (Wildman–Crippen MR) is 150 cm³/mol. The molecule has 8 heteroatoms. The Balaban J connectivity index is 1.46. The molecule has 0 radical (unpaired) electrons. The topological polar surface area (TPSA) is 95.6 Å². The molecule has 8 nitrogen and oxygen atoms in total. The van der Waals surface area contributed by atoms with Gasteiger partial charge in [-0.25, -0.2) is 0 Å². The molecule has 4 heterocycles. The lowest BCUT2D eigenvalue weighted by molar-refractivity contribution is -0.129. The van der Waals surface area contributed by atoms with Gasteiger partial charge in [-0.1, -0.05) is 50.2 Å². The second-order valence-electron chi connectivity index (χ2n) is 11.8. The molecule has 0 aliphatic carbocycles. The molecule has 2 aliphatic rings. The van der Waals surface area contributed by atoms with Crippen LogP contribution in [0.2, 0.25) is 0 Å². The zero-order chi connectivity index (χ0) is 27.8. The van der Waals surface area contributed by atoms with Crippen molar-refractivity contribution in [1.29, 1.82) is 0 Å². The van der Waals surface area contributed by atoms with Crippen molar-refractivity contribution < 1.29 is 14.4 Å². The monoisotopic (exact) mass is 531 g/mol. The minimum absolute atomic E-state index is 0.103. The standard InChI is InChI=1S/C31H41N5O3/c1-6-22(7-2)23-8-10-26(11-9-23)31(38,30(4)19-35(5)20-30)27-16-25(17-32-18-27)28-33-29(39-34-28)24-12-14-36(15-13-24)21(3)37/h8-11,16-18,22,24,38H,6-7,12-15,19-20H2,1-5H3. The van der Waals surface area contributed by atoms with Gasteiger partial charge in [-0.2, -0.15) is 4.98 Å². The van der Waals surface area contributed by atoms with Crippen molar-refractivity contribution >= 4 is 5.91 Å². The van der Waals surface area contributed by atoms with Gasteiger partial charge in [-0.15, -0.1) is 0 Å². The van der Waals surface area contributed by atoms with E-state index in [-0.39, 0.29) is 17.2 Å². The number of rotatable bonds is 8. The van der Waals surface area contributed by atoms with E-state index in [0.717, 1.165) is 49.9 Å². The number of pyridine rings is 1. The van der Waals surface area contributed by atoms with Crippen LogP contribution in [-0.2, 0) is 10.4 Å². The maximum atomic E-state index is 12.6. The van der Waals surface area contributed by atoms with E-state index in [1.807, 2.05) is 11.0 Å². The van der Waals surface area contributed by atoms with E-state index in [9.17, 15) is 9.90 Å². The summed E-state index contributed by atoms with van der Waals surface area (Å²) in [7, 11) is 2.08. The first-order valence-electron chi connectivity index (χ1n) is 14.2. The summed E-state index contributed by atoms with van der Waals surface area (Å²) in [6, 6.07) is 10.5. The molecular formula is C31H41N5O3. The molecule has 39 heavy (non-hydrogen) atoms. The maximum absolute atomic E-state index is 12.6. The second-order valence-corrected chi connectivity index (χ2v) is 11.8. The number of nitrogens with zero attached hydrogens (tertiary/aromatic N) is 5. The number of aromatic nitrogens is 3. The molecular weight excluding hydrogens is 490 g/mol. The van der Waals surface area contributed by atoms with E-state index >= 15 is 0 Å². The fourth-order valence-corrected chi connectivity index (χ4v) is 6.71. The molecule has 5 rings (SSSR count). The third-order valence-electron chi connectivity index (χ3n) is 9.04. The number of carbonyl (C=O) groups excluding carboxylic acids is 1. The van der Waals surface area contributed by atoms with E-state index in [2.05, 4.69) is 67.1 Å². The fraction of sp³-hybridized carbons (Fsp3) is 0.548. The van der Waals surface area contributed by atoms with E-state index in [1.165, 1.54) is 5.56 Å². The van der Waals surface area contributed by atoms with Gasteiger partial charge in [-0.05, 0) is 55.8 Å². The highest BCUT2D eigenvalue weighted by Gasteiger charge is 2.55. The van der Waals surface area contributed by atoms with Crippen LogP contribution < -0.4 is 0 Å². The summed E-state index contributed by atoms with van der Waals surface area (Å²) in [5.74, 6) is 1.82. The van der Waals surface area contributed by atoms with Crippen LogP contribution in [0.3, 0.4) is 0 Å². The molecule has 2 aliphatic heterocycles. The van der Waals surface area contributed by atoms with Crippen molar-refractivity contribution in [3.05, 3.63) is 65.3 Å². The SMILES string of the molecule is CCC(CC)c1ccc(C(O)(c2cncc(-c3noc(C4CCN(C(C)=O)CC4)n3)c2)C2(C)CN(C)C2)cc1. The molecule has 2 fully saturated rings. The third kappa shape index (κ3) is 5.00. The predicted octanol–water partition coefficient (Wildman–Crippen LogP) is 4.95. The average Bonchev–Trinajstić information content (AvgIpc) is 3.43. The largest absolute Gasteiger partial charge is 0.380 e. The van der Waals surface area contributed by atoms with Gasteiger partial charge in [0.15, 0.2) is 0 Å². The Morgan fingerprint density at radius 1 is 1.13 bits per heavy atom. The quantitative estimate of drug-likeness (QED) is 0.439. The third-order valence-corrected chi connectivity index (χ3v) is 9.04. The number of carbonyl (C=O) groups is 1. The van der Waals surface area contributed by atoms with Crippen molar-refractivity contribution in [3.63, 3.8) is 0 Å². The van der Waals surface area contributed by atoms with Crippen LogP contribution in [0.4, 0.5) is 0 Å². The molecule has 1 unspecified atom stereocenters. The normalized spacial score (nSPS) is 19.6. The minimum Gasteiger partial charge on any atom is -0.380 e. The lowest BCUT2D eigenvalue weighted by atomic mass is 9.62. The van der Waals surface area contributed by atoms with Crippen LogP contribution in [0.5, 0.6) is 0 Å². The molecule has 2 aromatic heterocycles. The molecule has 2 saturated heterocycles. The summed E-state index contributed by atoms with van der Waals surface area (Å²) >= 11 is 0. The van der Waals surface area contributed by atoms with Gasteiger partial charge < -0.3 is 19.4 Å². The summed E-state index contributed by atoms with van der Waals surface area (Å²) in [6.07, 6.45) is 7.28. The first-order valence-corrected chi connectivity index (χ1v) is 14.2. The van der Waals surface area contributed by atoms with Crippen LogP contribution in [0.15, 0.2) is 47.2 Å². The highest BCUT2D eigenvalue weighted by molar-refractivity contribution is 5.73. The molecule has 1 atom stereocenters. The zero-order valence-corrected chi connectivity index (χ0v) is 23.9. The Hall–Kier alpha value is -3.10. The first-order chi connectivity index (χ1) is 18.7. The molecule has 1 amide bonds. The van der Waals surface area contributed by atoms with Crippen molar-refractivity contribution in [1.82, 2.24) is 24.9 Å². The highest BCUT2D eigenvalue weighted by atomic mass is 16.5. The number of aliphatic hydroxyl groups is 1. The van der Waals surface area contributed by atoms with Gasteiger partial charge in [0.2, 0.25) is 17.6 Å². The second kappa shape index (κ2) is 10.8. The van der Waals surface area contributed by atoms with Crippen LogP contribution in [0, 0.1) is 5.41 Å². The molecule has 1 aromatic carbocycles. The van der Waals surface area contributed by atoms with Gasteiger partial charge in [0.25, 0.3) is 0 Å². The zero-order valence-electron chi connectivity index (χ0n) is 23.9. The fourth-order valence-electron chi connectivity index (χ4n) is 6.71. The van der Waals surface area contributed by atoms with Gasteiger partial charge in [0, 0.05) is 68.0 Å². The van der Waals surface area contributed by atoms with Crippen molar-refractivity contribution in [3.8, 4) is 11.4 Å². The molecule has 208 valence electrons. The van der Waals surface area contributed by atoms with Crippen LogP contribution in [0.1, 0.15) is 87.8 Å². The van der Waals surface area contributed by atoms with Gasteiger partial charge in [0.1, 0.15) is 5.60 Å². The molecule has 0 spiro atoms. The van der Waals surface area contributed by atoms with E-state index in [1.54, 1.807) is 19.3 Å². The number of benzene rings is 1. The summed E-state index contributed by atoms with van der Waals surface area (Å²) in [5, 5.41) is 16.9. The van der Waals surface area contributed by atoms with Crippen LogP contribution >= 0.6 is 0 Å². The Kier molecular flexibility index (Phi) is 7.62. The molecule has 0 saturated carbocycles. The number of hydrogen-bond donors (Lipinski definition) is 1. The van der Waals surface area contributed by atoms with Gasteiger partial charge in [0.05, 0.1) is 0 Å². The van der Waals surface area contributed by atoms with Crippen LogP contribution in [-0.4, -0.2) is 69.2 Å². The Morgan fingerprint density at radius 3 is 2.38 bits per heavy atom. The average molecular weight is 532 g/mol. The summed E-state index contributed by atoms with van der Waals surface area (Å²) < 4.78 is 5.67. The summed E-state index contributed by atoms with van der Waals surface area (Å²) in [6.45, 7) is 11.1. The maximum Gasteiger partial charge on any atom is 0.230 e. The van der Waals surface area contributed by atoms with Gasteiger partial charge >= 0.3 is 0 Å².